The highest BCUT2D eigenvalue weighted by Gasteiger charge is 2.38. The third-order valence-corrected chi connectivity index (χ3v) is 9.33. The van der Waals surface area contributed by atoms with Gasteiger partial charge in [-0.05, 0) is 51.1 Å². The van der Waals surface area contributed by atoms with Crippen molar-refractivity contribution in [2.45, 2.75) is 36.7 Å². The zero-order valence-corrected chi connectivity index (χ0v) is 21.9. The molecular weight excluding hydrogens is 480 g/mol. The van der Waals surface area contributed by atoms with E-state index in [2.05, 4.69) is 20.1 Å². The molecule has 2 aromatic rings. The number of nitrogens with one attached hydrogen (secondary N) is 1. The van der Waals surface area contributed by atoms with E-state index in [-0.39, 0.29) is 22.9 Å². The summed E-state index contributed by atoms with van der Waals surface area (Å²) in [5, 5.41) is 3.30. The number of fused-ring (bicyclic) bond motifs is 1. The van der Waals surface area contributed by atoms with Gasteiger partial charge >= 0.3 is 0 Å². The molecule has 2 saturated heterocycles. The number of nitrogens with zero attached hydrogens (tertiary/aromatic N) is 5. The molecule has 1 N–H and O–H groups in total. The Morgan fingerprint density at radius 2 is 1.67 bits per heavy atom. The van der Waals surface area contributed by atoms with Crippen LogP contribution in [0.1, 0.15) is 19.8 Å². The van der Waals surface area contributed by atoms with Crippen molar-refractivity contribution in [1.29, 1.82) is 0 Å². The van der Waals surface area contributed by atoms with Crippen LogP contribution in [0.25, 0.3) is 0 Å². The summed E-state index contributed by atoms with van der Waals surface area (Å²) in [4.78, 5) is 23.7. The Kier molecular flexibility index (Phi) is 6.90. The van der Waals surface area contributed by atoms with Crippen molar-refractivity contribution in [3.63, 3.8) is 0 Å². The molecule has 5 rings (SSSR count). The van der Waals surface area contributed by atoms with Gasteiger partial charge in [0, 0.05) is 64.2 Å². The monoisotopic (exact) mass is 514 g/mol. The average molecular weight is 515 g/mol. The number of benzene rings is 1. The molecule has 194 valence electrons. The number of likely N-dealkylation sites (N-methyl/N-ethyl adjacent to an activating group) is 2. The number of carbonyl (C=O) groups excluding carboxylic acids is 1. The minimum absolute atomic E-state index is 0.0497. The number of carbonyl (C=O) groups is 1. The van der Waals surface area contributed by atoms with Crippen LogP contribution in [0.3, 0.4) is 0 Å². The summed E-state index contributed by atoms with van der Waals surface area (Å²) in [5.41, 5.74) is 2.48. The number of pyridine rings is 1. The van der Waals surface area contributed by atoms with E-state index in [1.165, 1.54) is 0 Å². The summed E-state index contributed by atoms with van der Waals surface area (Å²) in [6.45, 7) is 5.78. The second-order valence-electron chi connectivity index (χ2n) is 9.74. The first kappa shape index (κ1) is 24.9. The highest BCUT2D eigenvalue weighted by Crippen LogP contribution is 2.39. The van der Waals surface area contributed by atoms with E-state index in [4.69, 9.17) is 4.74 Å². The van der Waals surface area contributed by atoms with Gasteiger partial charge < -0.3 is 24.8 Å². The predicted molar refractivity (Wildman–Crippen MR) is 139 cm³/mol. The van der Waals surface area contributed by atoms with Crippen molar-refractivity contribution >= 4 is 38.8 Å². The third kappa shape index (κ3) is 4.68. The van der Waals surface area contributed by atoms with Crippen LogP contribution in [0.4, 0.5) is 22.9 Å². The van der Waals surface area contributed by atoms with Crippen molar-refractivity contribution < 1.29 is 17.9 Å². The highest BCUT2D eigenvalue weighted by atomic mass is 32.2. The fourth-order valence-corrected chi connectivity index (χ4v) is 6.63. The Hall–Kier alpha value is -2.73. The molecule has 36 heavy (non-hydrogen) atoms. The van der Waals surface area contributed by atoms with Gasteiger partial charge in [0.05, 0.1) is 22.5 Å². The van der Waals surface area contributed by atoms with Crippen molar-refractivity contribution in [3.05, 3.63) is 36.5 Å². The molecule has 10 nitrogen and oxygen atoms in total. The normalized spacial score (nSPS) is 22.5. The van der Waals surface area contributed by atoms with Gasteiger partial charge in [0.1, 0.15) is 11.9 Å². The Labute approximate surface area is 212 Å². The van der Waals surface area contributed by atoms with Crippen molar-refractivity contribution in [3.8, 4) is 0 Å². The molecule has 0 aliphatic carbocycles. The molecule has 11 heteroatoms. The molecule has 0 bridgehead atoms. The van der Waals surface area contributed by atoms with Gasteiger partial charge in [-0.2, -0.15) is 4.31 Å². The molecule has 2 fully saturated rings. The van der Waals surface area contributed by atoms with Gasteiger partial charge in [0.25, 0.3) is 0 Å². The van der Waals surface area contributed by atoms with Gasteiger partial charge in [-0.25, -0.2) is 13.4 Å². The maximum absolute atomic E-state index is 13.0. The minimum atomic E-state index is -3.52. The van der Waals surface area contributed by atoms with E-state index in [1.807, 2.05) is 20.0 Å². The quantitative estimate of drug-likeness (QED) is 0.648. The van der Waals surface area contributed by atoms with Crippen molar-refractivity contribution in [2.75, 3.05) is 68.6 Å². The molecule has 0 spiro atoms. The second-order valence-corrected chi connectivity index (χ2v) is 11.7. The molecule has 3 aliphatic rings. The second kappa shape index (κ2) is 9.97. The number of hydrogen-bond donors (Lipinski definition) is 1. The Morgan fingerprint density at radius 3 is 2.33 bits per heavy atom. The molecule has 0 unspecified atom stereocenters. The predicted octanol–water partition coefficient (Wildman–Crippen LogP) is 2.11. The lowest BCUT2D eigenvalue weighted by atomic mass is 10.00. The number of amides is 1. The van der Waals surface area contributed by atoms with Gasteiger partial charge in [-0.3, -0.25) is 4.79 Å². The smallest absolute Gasteiger partial charge is 0.249 e. The number of piperazine rings is 1. The van der Waals surface area contributed by atoms with E-state index in [0.717, 1.165) is 43.0 Å². The maximum Gasteiger partial charge on any atom is 0.249 e. The van der Waals surface area contributed by atoms with Gasteiger partial charge in [-0.15, -0.1) is 0 Å². The topological polar surface area (TPSA) is 98.3 Å². The molecule has 0 saturated carbocycles. The first-order valence-corrected chi connectivity index (χ1v) is 13.9. The fourth-order valence-electron chi connectivity index (χ4n) is 5.21. The molecule has 4 heterocycles. The summed E-state index contributed by atoms with van der Waals surface area (Å²) < 4.78 is 33.1. The third-order valence-electron chi connectivity index (χ3n) is 7.42. The molecule has 0 radical (unpaired) electrons. The number of hydrogen-bond acceptors (Lipinski definition) is 8. The Morgan fingerprint density at radius 1 is 1.00 bits per heavy atom. The van der Waals surface area contributed by atoms with Crippen LogP contribution in [0.5, 0.6) is 0 Å². The summed E-state index contributed by atoms with van der Waals surface area (Å²) in [6.07, 6.45) is 3.46. The zero-order valence-electron chi connectivity index (χ0n) is 21.1. The Balaban J connectivity index is 1.37. The number of rotatable bonds is 5. The van der Waals surface area contributed by atoms with Crippen LogP contribution in [-0.4, -0.2) is 94.1 Å². The number of ether oxygens (including phenoxy) is 1. The molecule has 3 aliphatic heterocycles. The van der Waals surface area contributed by atoms with Crippen molar-refractivity contribution in [2.24, 2.45) is 0 Å². The number of aromatic nitrogens is 1. The standard InChI is InChI=1S/C25H34N6O4S/c1-18-25(32)29(3)23-17-26-24(16-22(23)31(18)20-8-14-35-15-9-20)27-19-4-6-21(7-5-19)36(33,34)30-12-10-28(2)11-13-30/h4-7,16-18,20H,8-15H2,1-3H3,(H,26,27)/t18-/m1/s1. The van der Waals surface area contributed by atoms with Crippen LogP contribution in [0.15, 0.2) is 41.4 Å². The average Bonchev–Trinajstić information content (AvgIpc) is 2.89. The summed E-state index contributed by atoms with van der Waals surface area (Å²) >= 11 is 0. The van der Waals surface area contributed by atoms with E-state index in [0.29, 0.717) is 32.1 Å². The lowest BCUT2D eigenvalue weighted by Gasteiger charge is -2.45. The van der Waals surface area contributed by atoms with Crippen molar-refractivity contribution in [1.82, 2.24) is 14.2 Å². The van der Waals surface area contributed by atoms with Crippen LogP contribution in [0.2, 0.25) is 0 Å². The lowest BCUT2D eigenvalue weighted by molar-refractivity contribution is -0.119. The number of sulfonamides is 1. The SMILES string of the molecule is C[C@@H]1C(=O)N(C)c2cnc(Nc3ccc(S(=O)(=O)N4CCN(C)CC4)cc3)cc2N1C1CCOCC1. The minimum Gasteiger partial charge on any atom is -0.381 e. The highest BCUT2D eigenvalue weighted by molar-refractivity contribution is 7.89. The van der Waals surface area contributed by atoms with Crippen LogP contribution < -0.4 is 15.1 Å². The molecule has 1 atom stereocenters. The first-order chi connectivity index (χ1) is 17.3. The number of anilines is 4. The van der Waals surface area contributed by atoms with E-state index >= 15 is 0 Å². The van der Waals surface area contributed by atoms with Crippen LogP contribution in [-0.2, 0) is 19.6 Å². The molecule has 1 amide bonds. The molecule has 1 aromatic carbocycles. The van der Waals surface area contributed by atoms with Crippen LogP contribution >= 0.6 is 0 Å². The largest absolute Gasteiger partial charge is 0.381 e. The van der Waals surface area contributed by atoms with Gasteiger partial charge in [0.2, 0.25) is 15.9 Å². The summed E-state index contributed by atoms with van der Waals surface area (Å²) in [7, 11) is 0.268. The van der Waals surface area contributed by atoms with E-state index < -0.39 is 10.0 Å². The van der Waals surface area contributed by atoms with Crippen LogP contribution in [0, 0.1) is 0 Å². The fraction of sp³-hybridized carbons (Fsp3) is 0.520. The first-order valence-electron chi connectivity index (χ1n) is 12.4. The van der Waals surface area contributed by atoms with Gasteiger partial charge in [0.15, 0.2) is 0 Å². The van der Waals surface area contributed by atoms with Gasteiger partial charge in [-0.1, -0.05) is 0 Å². The molecular formula is C25H34N6O4S. The maximum atomic E-state index is 13.0. The summed E-state index contributed by atoms with van der Waals surface area (Å²) in [5.74, 6) is 0.684. The van der Waals surface area contributed by atoms with E-state index in [1.54, 1.807) is 46.7 Å². The molecule has 1 aromatic heterocycles. The zero-order chi connectivity index (χ0) is 25.4. The Bertz CT molecular complexity index is 1210. The summed E-state index contributed by atoms with van der Waals surface area (Å²) in [6, 6.07) is 8.71. The van der Waals surface area contributed by atoms with E-state index in [9.17, 15) is 13.2 Å². The lowest BCUT2D eigenvalue weighted by Crippen LogP contribution is -2.55.